The van der Waals surface area contributed by atoms with Gasteiger partial charge in [-0.1, -0.05) is 180 Å². The first-order valence-corrected chi connectivity index (χ1v) is 17.7. The lowest BCUT2D eigenvalue weighted by molar-refractivity contribution is 1.28. The van der Waals surface area contributed by atoms with Gasteiger partial charge in [0.25, 0.3) is 0 Å². The van der Waals surface area contributed by atoms with E-state index in [9.17, 15) is 0 Å². The van der Waals surface area contributed by atoms with Crippen molar-refractivity contribution in [3.05, 3.63) is 211 Å². The molecule has 0 N–H and O–H groups in total. The summed E-state index contributed by atoms with van der Waals surface area (Å²) in [5.74, 6) is 0. The minimum atomic E-state index is 1.08. The van der Waals surface area contributed by atoms with E-state index >= 15 is 0 Å². The smallest absolute Gasteiger partial charge is 0.0462 e. The van der Waals surface area contributed by atoms with Crippen LogP contribution in [0, 0.1) is 0 Å². The molecule has 0 atom stereocenters. The fourth-order valence-corrected chi connectivity index (χ4v) is 7.30. The van der Waals surface area contributed by atoms with Crippen molar-refractivity contribution in [2.75, 3.05) is 4.90 Å². The molecule has 0 bridgehead atoms. The summed E-state index contributed by atoms with van der Waals surface area (Å²) in [4.78, 5) is 2.32. The van der Waals surface area contributed by atoms with Crippen LogP contribution in [-0.2, 0) is 0 Å². The maximum absolute atomic E-state index is 3.85. The van der Waals surface area contributed by atoms with E-state index < -0.39 is 0 Å². The zero-order chi connectivity index (χ0) is 33.7. The van der Waals surface area contributed by atoms with Crippen LogP contribution in [-0.4, -0.2) is 0 Å². The van der Waals surface area contributed by atoms with Crippen LogP contribution in [0.25, 0.3) is 55.6 Å². The van der Waals surface area contributed by atoms with Gasteiger partial charge in [0, 0.05) is 21.5 Å². The summed E-state index contributed by atoms with van der Waals surface area (Å²) < 4.78 is 1.08. The summed E-state index contributed by atoms with van der Waals surface area (Å²) in [6, 6.07) is 73.6. The molecule has 0 amide bonds. The van der Waals surface area contributed by atoms with Crippen molar-refractivity contribution in [3.8, 4) is 55.6 Å². The van der Waals surface area contributed by atoms with Crippen LogP contribution in [0.1, 0.15) is 0 Å². The Morgan fingerprint density at radius 2 is 0.660 bits per heavy atom. The van der Waals surface area contributed by atoms with Gasteiger partial charge in [-0.15, -0.1) is 0 Å². The number of halogens is 1. The van der Waals surface area contributed by atoms with E-state index in [0.717, 1.165) is 27.1 Å². The molecule has 0 aromatic heterocycles. The second kappa shape index (κ2) is 14.3. The Kier molecular flexibility index (Phi) is 8.93. The molecule has 0 unspecified atom stereocenters. The lowest BCUT2D eigenvalue weighted by Crippen LogP contribution is -2.09. The third kappa shape index (κ3) is 6.30. The summed E-state index contributed by atoms with van der Waals surface area (Å²) >= 11 is 3.85. The second-order valence-electron chi connectivity index (χ2n) is 12.3. The van der Waals surface area contributed by atoms with Gasteiger partial charge in [-0.25, -0.2) is 0 Å². The van der Waals surface area contributed by atoms with Gasteiger partial charge < -0.3 is 4.90 Å². The van der Waals surface area contributed by atoms with E-state index in [1.165, 1.54) is 50.1 Å². The highest BCUT2D eigenvalue weighted by molar-refractivity contribution is 9.10. The van der Waals surface area contributed by atoms with Gasteiger partial charge in [0.1, 0.15) is 0 Å². The number of anilines is 3. The Morgan fingerprint density at radius 1 is 0.260 bits per heavy atom. The predicted molar refractivity (Wildman–Crippen MR) is 216 cm³/mol. The molecule has 0 fully saturated rings. The quantitative estimate of drug-likeness (QED) is 0.152. The Labute approximate surface area is 302 Å². The van der Waals surface area contributed by atoms with Crippen molar-refractivity contribution in [3.63, 3.8) is 0 Å². The molecule has 0 spiro atoms. The molecule has 50 heavy (non-hydrogen) atoms. The normalized spacial score (nSPS) is 10.9. The topological polar surface area (TPSA) is 3.24 Å². The van der Waals surface area contributed by atoms with Gasteiger partial charge in [0.2, 0.25) is 0 Å². The monoisotopic (exact) mass is 703 g/mol. The third-order valence-corrected chi connectivity index (χ3v) is 9.88. The van der Waals surface area contributed by atoms with Crippen LogP contribution in [0.3, 0.4) is 0 Å². The minimum absolute atomic E-state index is 1.08. The summed E-state index contributed by atoms with van der Waals surface area (Å²) in [6.45, 7) is 0. The molecule has 8 aromatic carbocycles. The molecule has 0 aliphatic rings. The molecule has 0 saturated carbocycles. The van der Waals surface area contributed by atoms with Crippen LogP contribution < -0.4 is 4.90 Å². The number of nitrogens with zero attached hydrogens (tertiary/aromatic N) is 1. The number of rotatable bonds is 8. The average molecular weight is 705 g/mol. The number of para-hydroxylation sites is 1. The van der Waals surface area contributed by atoms with Crippen molar-refractivity contribution in [2.45, 2.75) is 0 Å². The van der Waals surface area contributed by atoms with Crippen LogP contribution in [0.15, 0.2) is 211 Å². The largest absolute Gasteiger partial charge is 0.311 e. The standard InChI is InChI=1S/C48H34BrN/c49-47-26-13-12-22-44(47)46-25-14-24-43(37-17-6-2-7-18-37)48(46)45-23-11-10-21-42(45)38-29-33-41(34-30-38)50(39-19-8-3-9-20-39)40-31-27-36(28-32-40)35-15-4-1-5-16-35/h1-34H. The first-order chi connectivity index (χ1) is 24.7. The van der Waals surface area contributed by atoms with Crippen molar-refractivity contribution < 1.29 is 0 Å². The van der Waals surface area contributed by atoms with Gasteiger partial charge in [-0.2, -0.15) is 0 Å². The van der Waals surface area contributed by atoms with Crippen LogP contribution in [0.4, 0.5) is 17.1 Å². The van der Waals surface area contributed by atoms with E-state index in [1.54, 1.807) is 0 Å². The molecule has 0 aliphatic carbocycles. The number of hydrogen-bond donors (Lipinski definition) is 0. The molecule has 2 heteroatoms. The van der Waals surface area contributed by atoms with E-state index in [1.807, 2.05) is 0 Å². The highest BCUT2D eigenvalue weighted by Gasteiger charge is 2.19. The molecule has 0 saturated heterocycles. The predicted octanol–water partition coefficient (Wildman–Crippen LogP) is 14.3. The Balaban J connectivity index is 1.23. The summed E-state index contributed by atoms with van der Waals surface area (Å²) in [5, 5.41) is 0. The Morgan fingerprint density at radius 3 is 1.28 bits per heavy atom. The van der Waals surface area contributed by atoms with Crippen molar-refractivity contribution in [1.29, 1.82) is 0 Å². The lowest BCUT2D eigenvalue weighted by Gasteiger charge is -2.26. The second-order valence-corrected chi connectivity index (χ2v) is 13.1. The fourth-order valence-electron chi connectivity index (χ4n) is 6.81. The highest BCUT2D eigenvalue weighted by atomic mass is 79.9. The molecule has 8 rings (SSSR count). The van der Waals surface area contributed by atoms with Gasteiger partial charge in [-0.3, -0.25) is 0 Å². The van der Waals surface area contributed by atoms with Gasteiger partial charge in [0.05, 0.1) is 0 Å². The van der Waals surface area contributed by atoms with Gasteiger partial charge >= 0.3 is 0 Å². The van der Waals surface area contributed by atoms with Crippen molar-refractivity contribution in [1.82, 2.24) is 0 Å². The Bertz CT molecular complexity index is 2350. The maximum Gasteiger partial charge on any atom is 0.0462 e. The molecular formula is C48H34BrN. The highest BCUT2D eigenvalue weighted by Crippen LogP contribution is 2.46. The van der Waals surface area contributed by atoms with E-state index in [-0.39, 0.29) is 0 Å². The van der Waals surface area contributed by atoms with E-state index in [0.29, 0.717) is 0 Å². The van der Waals surface area contributed by atoms with Crippen LogP contribution in [0.5, 0.6) is 0 Å². The zero-order valence-corrected chi connectivity index (χ0v) is 29.0. The average Bonchev–Trinajstić information content (AvgIpc) is 3.20. The summed E-state index contributed by atoms with van der Waals surface area (Å²) in [5.41, 5.74) is 15.3. The van der Waals surface area contributed by atoms with Crippen LogP contribution in [0.2, 0.25) is 0 Å². The van der Waals surface area contributed by atoms with E-state index in [4.69, 9.17) is 0 Å². The fraction of sp³-hybridized carbons (Fsp3) is 0. The number of benzene rings is 8. The van der Waals surface area contributed by atoms with Gasteiger partial charge in [-0.05, 0) is 98.1 Å². The molecule has 0 heterocycles. The minimum Gasteiger partial charge on any atom is -0.311 e. The zero-order valence-electron chi connectivity index (χ0n) is 27.5. The molecule has 8 aromatic rings. The molecule has 0 aliphatic heterocycles. The summed E-state index contributed by atoms with van der Waals surface area (Å²) in [7, 11) is 0. The van der Waals surface area contributed by atoms with Crippen molar-refractivity contribution in [2.24, 2.45) is 0 Å². The molecular weight excluding hydrogens is 670 g/mol. The van der Waals surface area contributed by atoms with Gasteiger partial charge in [0.15, 0.2) is 0 Å². The summed E-state index contributed by atoms with van der Waals surface area (Å²) in [6.07, 6.45) is 0. The first kappa shape index (κ1) is 31.3. The first-order valence-electron chi connectivity index (χ1n) is 16.9. The van der Waals surface area contributed by atoms with Crippen LogP contribution >= 0.6 is 15.9 Å². The molecule has 0 radical (unpaired) electrons. The van der Waals surface area contributed by atoms with E-state index in [2.05, 4.69) is 227 Å². The lowest BCUT2D eigenvalue weighted by atomic mass is 9.84. The third-order valence-electron chi connectivity index (χ3n) is 9.19. The maximum atomic E-state index is 3.85. The number of hydrogen-bond acceptors (Lipinski definition) is 1. The Hall–Kier alpha value is -5.96. The molecule has 238 valence electrons. The molecule has 1 nitrogen and oxygen atoms in total. The van der Waals surface area contributed by atoms with Crippen molar-refractivity contribution >= 4 is 33.0 Å². The SMILES string of the molecule is Brc1ccccc1-c1cccc(-c2ccccc2)c1-c1ccccc1-c1ccc(N(c2ccccc2)c2ccc(-c3ccccc3)cc2)cc1.